The first-order valence-electron chi connectivity index (χ1n) is 4.23. The second kappa shape index (κ2) is 4.25. The van der Waals surface area contributed by atoms with Crippen molar-refractivity contribution < 1.29 is 9.75 Å². The summed E-state index contributed by atoms with van der Waals surface area (Å²) in [6.45, 7) is 3.45. The van der Waals surface area contributed by atoms with Crippen molar-refractivity contribution in [3.63, 3.8) is 0 Å². The Morgan fingerprint density at radius 1 is 1.62 bits per heavy atom. The molecule has 1 rings (SSSR count). The van der Waals surface area contributed by atoms with Crippen LogP contribution in [0.1, 0.15) is 18.7 Å². The molecule has 1 heterocycles. The van der Waals surface area contributed by atoms with Crippen molar-refractivity contribution in [3.8, 4) is 0 Å². The Labute approximate surface area is 77.9 Å². The maximum absolute atomic E-state index is 11.2. The SMILES string of the molecule is CB(O)N[C@@H](C)c1cccc[n+]1[O-]. The van der Waals surface area contributed by atoms with Crippen molar-refractivity contribution in [2.24, 2.45) is 0 Å². The van der Waals surface area contributed by atoms with Gasteiger partial charge in [0, 0.05) is 12.1 Å². The Morgan fingerprint density at radius 2 is 2.31 bits per heavy atom. The molecular weight excluding hydrogens is 167 g/mol. The number of hydrogen-bond acceptors (Lipinski definition) is 3. The highest BCUT2D eigenvalue weighted by molar-refractivity contribution is 6.45. The maximum atomic E-state index is 11.2. The smallest absolute Gasteiger partial charge is 0.374 e. The second-order valence-corrected chi connectivity index (χ2v) is 3.02. The van der Waals surface area contributed by atoms with Gasteiger partial charge in [0.15, 0.2) is 6.20 Å². The van der Waals surface area contributed by atoms with Gasteiger partial charge in [-0.05, 0) is 19.8 Å². The van der Waals surface area contributed by atoms with Crippen LogP contribution in [0.4, 0.5) is 0 Å². The summed E-state index contributed by atoms with van der Waals surface area (Å²) in [6, 6.07) is 5.04. The maximum Gasteiger partial charge on any atom is 0.374 e. The zero-order valence-electron chi connectivity index (χ0n) is 7.77. The molecule has 13 heavy (non-hydrogen) atoms. The monoisotopic (exact) mass is 180 g/mol. The second-order valence-electron chi connectivity index (χ2n) is 3.02. The number of rotatable bonds is 3. The largest absolute Gasteiger partial charge is 0.618 e. The molecule has 4 nitrogen and oxygen atoms in total. The molecule has 0 radical (unpaired) electrons. The van der Waals surface area contributed by atoms with Crippen LogP contribution in [0.2, 0.25) is 6.82 Å². The topological polar surface area (TPSA) is 59.2 Å². The molecule has 70 valence electrons. The molecule has 5 heteroatoms. The lowest BCUT2D eigenvalue weighted by molar-refractivity contribution is -0.615. The molecule has 0 aliphatic carbocycles. The van der Waals surface area contributed by atoms with Gasteiger partial charge in [-0.25, -0.2) is 0 Å². The fourth-order valence-electron chi connectivity index (χ4n) is 1.22. The molecule has 1 aromatic rings. The van der Waals surface area contributed by atoms with Gasteiger partial charge in [0.1, 0.15) is 0 Å². The van der Waals surface area contributed by atoms with E-state index in [0.717, 1.165) is 4.73 Å². The minimum absolute atomic E-state index is 0.154. The van der Waals surface area contributed by atoms with Crippen LogP contribution in [0.3, 0.4) is 0 Å². The number of pyridine rings is 1. The number of hydrogen-bond donors (Lipinski definition) is 2. The summed E-state index contributed by atoms with van der Waals surface area (Å²) in [6.07, 6.45) is 1.44. The lowest BCUT2D eigenvalue weighted by atomic mass is 9.87. The molecule has 0 unspecified atom stereocenters. The summed E-state index contributed by atoms with van der Waals surface area (Å²) in [7, 11) is -0.616. The first-order valence-corrected chi connectivity index (χ1v) is 4.23. The Bertz CT molecular complexity index is 281. The highest BCUT2D eigenvalue weighted by atomic mass is 16.5. The first-order chi connectivity index (χ1) is 6.11. The standard InChI is InChI=1S/C8H13BN2O2/c1-7(10-9(2)12)8-5-3-4-6-11(8)13/h3-7,10,12H,1-2H3/t7-/m0/s1. The number of aromatic nitrogens is 1. The van der Waals surface area contributed by atoms with Gasteiger partial charge in [-0.15, -0.1) is 0 Å². The zero-order valence-corrected chi connectivity index (χ0v) is 7.77. The molecule has 0 aliphatic rings. The average Bonchev–Trinajstić information content (AvgIpc) is 2.03. The molecule has 0 saturated carbocycles. The van der Waals surface area contributed by atoms with Crippen LogP contribution in [-0.2, 0) is 0 Å². The van der Waals surface area contributed by atoms with Crippen molar-refractivity contribution >= 4 is 7.05 Å². The van der Waals surface area contributed by atoms with E-state index in [-0.39, 0.29) is 6.04 Å². The van der Waals surface area contributed by atoms with Gasteiger partial charge in [0.25, 0.3) is 0 Å². The van der Waals surface area contributed by atoms with Crippen molar-refractivity contribution in [1.29, 1.82) is 0 Å². The normalized spacial score (nSPS) is 12.5. The molecule has 2 N–H and O–H groups in total. The number of nitrogens with zero attached hydrogens (tertiary/aromatic N) is 1. The summed E-state index contributed by atoms with van der Waals surface area (Å²) in [5.41, 5.74) is 0.600. The summed E-state index contributed by atoms with van der Waals surface area (Å²) in [4.78, 5) is 0. The summed E-state index contributed by atoms with van der Waals surface area (Å²) >= 11 is 0. The Kier molecular flexibility index (Phi) is 3.28. The van der Waals surface area contributed by atoms with Gasteiger partial charge >= 0.3 is 7.05 Å². The van der Waals surface area contributed by atoms with Gasteiger partial charge in [0.2, 0.25) is 5.69 Å². The van der Waals surface area contributed by atoms with Crippen LogP contribution in [0, 0.1) is 5.21 Å². The van der Waals surface area contributed by atoms with E-state index in [1.807, 2.05) is 6.92 Å². The molecular formula is C8H13BN2O2. The van der Waals surface area contributed by atoms with Crippen LogP contribution in [0.25, 0.3) is 0 Å². The molecule has 0 fully saturated rings. The summed E-state index contributed by atoms with van der Waals surface area (Å²) in [5.74, 6) is 0. The van der Waals surface area contributed by atoms with E-state index in [1.165, 1.54) is 6.20 Å². The molecule has 1 atom stereocenters. The molecule has 1 aromatic heterocycles. The van der Waals surface area contributed by atoms with Crippen LogP contribution >= 0.6 is 0 Å². The van der Waals surface area contributed by atoms with Crippen LogP contribution in [0.15, 0.2) is 24.4 Å². The van der Waals surface area contributed by atoms with E-state index in [2.05, 4.69) is 5.23 Å². The fraction of sp³-hybridized carbons (Fsp3) is 0.375. The lowest BCUT2D eigenvalue weighted by Crippen LogP contribution is -2.40. The van der Waals surface area contributed by atoms with E-state index in [9.17, 15) is 5.21 Å². The highest BCUT2D eigenvalue weighted by Gasteiger charge is 2.16. The molecule has 0 bridgehead atoms. The Balaban J connectivity index is 2.76. The molecule has 0 aromatic carbocycles. The van der Waals surface area contributed by atoms with Crippen molar-refractivity contribution in [3.05, 3.63) is 35.3 Å². The summed E-state index contributed by atoms with van der Waals surface area (Å²) in [5, 5.41) is 23.1. The third-order valence-electron chi connectivity index (χ3n) is 1.79. The average molecular weight is 180 g/mol. The fourth-order valence-corrected chi connectivity index (χ4v) is 1.22. The van der Waals surface area contributed by atoms with Crippen molar-refractivity contribution in [1.82, 2.24) is 5.23 Å². The van der Waals surface area contributed by atoms with Crippen LogP contribution < -0.4 is 9.96 Å². The van der Waals surface area contributed by atoms with E-state index in [0.29, 0.717) is 5.69 Å². The molecule has 0 saturated heterocycles. The molecule has 0 amide bonds. The van der Waals surface area contributed by atoms with E-state index in [1.54, 1.807) is 25.0 Å². The summed E-state index contributed by atoms with van der Waals surface area (Å²) < 4.78 is 0.792. The molecule has 0 spiro atoms. The van der Waals surface area contributed by atoms with E-state index in [4.69, 9.17) is 5.02 Å². The van der Waals surface area contributed by atoms with Gasteiger partial charge < -0.3 is 15.5 Å². The molecule has 0 aliphatic heterocycles. The Hall–Kier alpha value is -1.07. The van der Waals surface area contributed by atoms with E-state index >= 15 is 0 Å². The van der Waals surface area contributed by atoms with Gasteiger partial charge in [-0.3, -0.25) is 0 Å². The third-order valence-corrected chi connectivity index (χ3v) is 1.79. The van der Waals surface area contributed by atoms with Gasteiger partial charge in [-0.1, -0.05) is 0 Å². The highest BCUT2D eigenvalue weighted by Crippen LogP contribution is 2.05. The number of nitrogens with one attached hydrogen (secondary N) is 1. The predicted octanol–water partition coefficient (Wildman–Crippen LogP) is 0.0809. The zero-order chi connectivity index (χ0) is 9.84. The minimum atomic E-state index is -0.616. The third kappa shape index (κ3) is 2.71. The van der Waals surface area contributed by atoms with Gasteiger partial charge in [-0.2, -0.15) is 4.73 Å². The van der Waals surface area contributed by atoms with Gasteiger partial charge in [0.05, 0.1) is 6.04 Å². The van der Waals surface area contributed by atoms with Crippen molar-refractivity contribution in [2.75, 3.05) is 0 Å². The lowest BCUT2D eigenvalue weighted by Gasteiger charge is -2.13. The Morgan fingerprint density at radius 3 is 2.85 bits per heavy atom. The van der Waals surface area contributed by atoms with Crippen LogP contribution in [0.5, 0.6) is 0 Å². The van der Waals surface area contributed by atoms with E-state index < -0.39 is 7.05 Å². The quantitative estimate of drug-likeness (QED) is 0.393. The predicted molar refractivity (Wildman–Crippen MR) is 50.8 cm³/mol. The van der Waals surface area contributed by atoms with Crippen LogP contribution in [-0.4, -0.2) is 12.1 Å². The first kappa shape index (κ1) is 10.0. The van der Waals surface area contributed by atoms with Crippen molar-refractivity contribution in [2.45, 2.75) is 19.8 Å². The minimum Gasteiger partial charge on any atom is -0.618 e.